The molecule has 0 bridgehead atoms. The summed E-state index contributed by atoms with van der Waals surface area (Å²) in [6, 6.07) is 8.91. The molecule has 1 saturated heterocycles. The minimum Gasteiger partial charge on any atom is -0.309 e. The standard InChI is InChI=1S/C14H17N3/c1-10-5-2-3-6-11(10)12-9-16-17-14(12)13-7-4-8-15-13/h2-3,5-6,9,13,15H,4,7-8H2,1H3,(H,16,17). The van der Waals surface area contributed by atoms with Crippen LogP contribution in [-0.2, 0) is 0 Å². The molecule has 0 radical (unpaired) electrons. The van der Waals surface area contributed by atoms with E-state index in [1.807, 2.05) is 6.20 Å². The van der Waals surface area contributed by atoms with Gasteiger partial charge in [0.1, 0.15) is 0 Å². The van der Waals surface area contributed by atoms with Gasteiger partial charge in [0, 0.05) is 11.6 Å². The van der Waals surface area contributed by atoms with Crippen molar-refractivity contribution < 1.29 is 0 Å². The lowest BCUT2D eigenvalue weighted by Crippen LogP contribution is -2.14. The Kier molecular flexibility index (Phi) is 2.69. The van der Waals surface area contributed by atoms with Gasteiger partial charge in [0.05, 0.1) is 11.9 Å². The van der Waals surface area contributed by atoms with Gasteiger partial charge in [-0.2, -0.15) is 5.10 Å². The molecule has 0 spiro atoms. The first kappa shape index (κ1) is 10.5. The smallest absolute Gasteiger partial charge is 0.0600 e. The van der Waals surface area contributed by atoms with Gasteiger partial charge in [0.2, 0.25) is 0 Å². The van der Waals surface area contributed by atoms with E-state index in [0.29, 0.717) is 6.04 Å². The number of aromatic nitrogens is 2. The molecule has 3 heteroatoms. The molecular formula is C14H17N3. The molecule has 88 valence electrons. The van der Waals surface area contributed by atoms with Gasteiger partial charge in [-0.3, -0.25) is 5.10 Å². The van der Waals surface area contributed by atoms with E-state index < -0.39 is 0 Å². The fourth-order valence-electron chi connectivity index (χ4n) is 2.58. The van der Waals surface area contributed by atoms with Gasteiger partial charge < -0.3 is 5.32 Å². The van der Waals surface area contributed by atoms with Gasteiger partial charge in [-0.25, -0.2) is 0 Å². The van der Waals surface area contributed by atoms with Crippen LogP contribution in [0.2, 0.25) is 0 Å². The zero-order valence-electron chi connectivity index (χ0n) is 10.0. The summed E-state index contributed by atoms with van der Waals surface area (Å²) in [5, 5.41) is 10.9. The van der Waals surface area contributed by atoms with E-state index in [4.69, 9.17) is 0 Å². The normalized spacial score (nSPS) is 19.7. The third kappa shape index (κ3) is 1.87. The fraction of sp³-hybridized carbons (Fsp3) is 0.357. The molecule has 2 N–H and O–H groups in total. The number of rotatable bonds is 2. The number of aryl methyl sites for hydroxylation is 1. The number of benzene rings is 1. The Morgan fingerprint density at radius 3 is 2.88 bits per heavy atom. The van der Waals surface area contributed by atoms with Crippen LogP contribution in [0, 0.1) is 6.92 Å². The number of nitrogens with zero attached hydrogens (tertiary/aromatic N) is 1. The molecular weight excluding hydrogens is 210 g/mol. The molecule has 1 aliphatic rings. The highest BCUT2D eigenvalue weighted by atomic mass is 15.1. The lowest BCUT2D eigenvalue weighted by atomic mass is 9.98. The summed E-state index contributed by atoms with van der Waals surface area (Å²) in [5.74, 6) is 0. The monoisotopic (exact) mass is 227 g/mol. The topological polar surface area (TPSA) is 40.7 Å². The highest BCUT2D eigenvalue weighted by Gasteiger charge is 2.21. The van der Waals surface area contributed by atoms with Crippen molar-refractivity contribution in [2.24, 2.45) is 0 Å². The van der Waals surface area contributed by atoms with Crippen LogP contribution in [0.15, 0.2) is 30.5 Å². The predicted octanol–water partition coefficient (Wildman–Crippen LogP) is 2.81. The Balaban J connectivity index is 2.04. The van der Waals surface area contributed by atoms with E-state index in [0.717, 1.165) is 6.54 Å². The maximum atomic E-state index is 4.22. The van der Waals surface area contributed by atoms with Gasteiger partial charge in [-0.15, -0.1) is 0 Å². The summed E-state index contributed by atoms with van der Waals surface area (Å²) in [6.07, 6.45) is 4.38. The molecule has 0 aliphatic carbocycles. The van der Waals surface area contributed by atoms with Gasteiger partial charge >= 0.3 is 0 Å². The van der Waals surface area contributed by atoms with Crippen LogP contribution in [0.3, 0.4) is 0 Å². The van der Waals surface area contributed by atoms with Crippen LogP contribution in [0.1, 0.15) is 30.1 Å². The van der Waals surface area contributed by atoms with Crippen molar-refractivity contribution in [2.45, 2.75) is 25.8 Å². The zero-order valence-corrected chi connectivity index (χ0v) is 10.0. The second-order valence-electron chi connectivity index (χ2n) is 4.66. The van der Waals surface area contributed by atoms with E-state index in [2.05, 4.69) is 46.7 Å². The van der Waals surface area contributed by atoms with Gasteiger partial charge in [0.15, 0.2) is 0 Å². The minimum atomic E-state index is 0.437. The van der Waals surface area contributed by atoms with Gasteiger partial charge in [-0.05, 0) is 37.4 Å². The highest BCUT2D eigenvalue weighted by molar-refractivity contribution is 5.69. The van der Waals surface area contributed by atoms with Crippen molar-refractivity contribution in [1.29, 1.82) is 0 Å². The summed E-state index contributed by atoms with van der Waals surface area (Å²) in [5.41, 5.74) is 5.05. The average Bonchev–Trinajstić information content (AvgIpc) is 3.00. The zero-order chi connectivity index (χ0) is 11.7. The molecule has 2 aromatic rings. The molecule has 1 aromatic carbocycles. The van der Waals surface area contributed by atoms with Crippen LogP contribution < -0.4 is 5.32 Å². The van der Waals surface area contributed by atoms with Crippen LogP contribution in [0.5, 0.6) is 0 Å². The Morgan fingerprint density at radius 1 is 1.24 bits per heavy atom. The molecule has 1 fully saturated rings. The SMILES string of the molecule is Cc1ccccc1-c1cn[nH]c1C1CCCN1. The number of nitrogens with one attached hydrogen (secondary N) is 2. The van der Waals surface area contributed by atoms with Crippen LogP contribution in [0.25, 0.3) is 11.1 Å². The molecule has 1 unspecified atom stereocenters. The first-order valence-corrected chi connectivity index (χ1v) is 6.19. The van der Waals surface area contributed by atoms with E-state index in [9.17, 15) is 0 Å². The highest BCUT2D eigenvalue weighted by Crippen LogP contribution is 2.32. The summed E-state index contributed by atoms with van der Waals surface area (Å²) < 4.78 is 0. The Labute approximate surface area is 101 Å². The van der Waals surface area contributed by atoms with E-state index in [1.165, 1.54) is 35.2 Å². The van der Waals surface area contributed by atoms with E-state index in [-0.39, 0.29) is 0 Å². The maximum Gasteiger partial charge on any atom is 0.0600 e. The van der Waals surface area contributed by atoms with Crippen molar-refractivity contribution >= 4 is 0 Å². The van der Waals surface area contributed by atoms with Crippen molar-refractivity contribution in [2.75, 3.05) is 6.54 Å². The molecule has 3 rings (SSSR count). The number of H-pyrrole nitrogens is 1. The third-order valence-electron chi connectivity index (χ3n) is 3.51. The first-order chi connectivity index (χ1) is 8.36. The lowest BCUT2D eigenvalue weighted by Gasteiger charge is -2.12. The molecule has 17 heavy (non-hydrogen) atoms. The molecule has 3 nitrogen and oxygen atoms in total. The fourth-order valence-corrected chi connectivity index (χ4v) is 2.58. The lowest BCUT2D eigenvalue weighted by molar-refractivity contribution is 0.626. The number of hydrogen-bond donors (Lipinski definition) is 2. The summed E-state index contributed by atoms with van der Waals surface area (Å²) >= 11 is 0. The Morgan fingerprint density at radius 2 is 2.12 bits per heavy atom. The summed E-state index contributed by atoms with van der Waals surface area (Å²) in [4.78, 5) is 0. The Hall–Kier alpha value is -1.61. The molecule has 0 saturated carbocycles. The summed E-state index contributed by atoms with van der Waals surface area (Å²) in [7, 11) is 0. The number of aromatic amines is 1. The molecule has 0 amide bonds. The van der Waals surface area contributed by atoms with Crippen molar-refractivity contribution in [1.82, 2.24) is 15.5 Å². The first-order valence-electron chi connectivity index (χ1n) is 6.19. The van der Waals surface area contributed by atoms with Crippen LogP contribution >= 0.6 is 0 Å². The van der Waals surface area contributed by atoms with Crippen LogP contribution in [-0.4, -0.2) is 16.7 Å². The second kappa shape index (κ2) is 4.34. The quantitative estimate of drug-likeness (QED) is 0.828. The van der Waals surface area contributed by atoms with Crippen LogP contribution in [0.4, 0.5) is 0 Å². The van der Waals surface area contributed by atoms with E-state index in [1.54, 1.807) is 0 Å². The summed E-state index contributed by atoms with van der Waals surface area (Å²) in [6.45, 7) is 3.26. The third-order valence-corrected chi connectivity index (χ3v) is 3.51. The van der Waals surface area contributed by atoms with Crippen molar-refractivity contribution in [3.63, 3.8) is 0 Å². The van der Waals surface area contributed by atoms with Crippen molar-refractivity contribution in [3.05, 3.63) is 41.7 Å². The average molecular weight is 227 g/mol. The second-order valence-corrected chi connectivity index (χ2v) is 4.66. The largest absolute Gasteiger partial charge is 0.309 e. The predicted molar refractivity (Wildman–Crippen MR) is 68.7 cm³/mol. The van der Waals surface area contributed by atoms with E-state index >= 15 is 0 Å². The van der Waals surface area contributed by atoms with Gasteiger partial charge in [-0.1, -0.05) is 24.3 Å². The van der Waals surface area contributed by atoms with Crippen molar-refractivity contribution in [3.8, 4) is 11.1 Å². The minimum absolute atomic E-state index is 0.437. The molecule has 1 aliphatic heterocycles. The van der Waals surface area contributed by atoms with Gasteiger partial charge in [0.25, 0.3) is 0 Å². The molecule has 1 atom stereocenters. The maximum absolute atomic E-state index is 4.22. The molecule has 1 aromatic heterocycles. The number of hydrogen-bond acceptors (Lipinski definition) is 2. The molecule has 2 heterocycles. The Bertz CT molecular complexity index is 510.